The lowest BCUT2D eigenvalue weighted by Crippen LogP contribution is -2.06. The van der Waals surface area contributed by atoms with Crippen molar-refractivity contribution in [3.8, 4) is 0 Å². The van der Waals surface area contributed by atoms with Gasteiger partial charge in [0, 0.05) is 11.3 Å². The second kappa shape index (κ2) is 3.66. The molecule has 0 atom stereocenters. The monoisotopic (exact) mass is 188 g/mol. The molecule has 0 radical (unpaired) electrons. The molecule has 0 aromatic heterocycles. The second-order valence-electron chi connectivity index (χ2n) is 3.70. The Morgan fingerprint density at radius 1 is 1.36 bits per heavy atom. The Hall–Kier alpha value is -1.57. The lowest BCUT2D eigenvalue weighted by molar-refractivity contribution is 1.35. The lowest BCUT2D eigenvalue weighted by atomic mass is 9.98. The fraction of sp³-hybridized carbons (Fsp3) is 0.250. The number of hydrogen-bond acceptors (Lipinski definition) is 2. The summed E-state index contributed by atoms with van der Waals surface area (Å²) in [5.41, 5.74) is 10.7. The maximum Gasteiger partial charge on any atom is 0.0656 e. The van der Waals surface area contributed by atoms with Crippen LogP contribution in [-0.2, 0) is 0 Å². The van der Waals surface area contributed by atoms with E-state index in [0.717, 1.165) is 22.3 Å². The minimum atomic E-state index is 0.425. The third kappa shape index (κ3) is 1.84. The van der Waals surface area contributed by atoms with Crippen LogP contribution in [0.3, 0.4) is 0 Å². The summed E-state index contributed by atoms with van der Waals surface area (Å²) in [6.07, 6.45) is 0. The summed E-state index contributed by atoms with van der Waals surface area (Å²) in [5.74, 6) is 0. The smallest absolute Gasteiger partial charge is 0.0656 e. The van der Waals surface area contributed by atoms with E-state index < -0.39 is 0 Å². The summed E-state index contributed by atoms with van der Waals surface area (Å²) in [4.78, 5) is 0. The van der Waals surface area contributed by atoms with Crippen molar-refractivity contribution < 1.29 is 0 Å². The highest BCUT2D eigenvalue weighted by Crippen LogP contribution is 2.21. The normalized spacial score (nSPS) is 9.93. The quantitative estimate of drug-likeness (QED) is 0.544. The molecule has 0 fully saturated rings. The molecule has 14 heavy (non-hydrogen) atoms. The molecule has 1 aromatic carbocycles. The summed E-state index contributed by atoms with van der Waals surface area (Å²) in [7, 11) is 0. The zero-order valence-corrected chi connectivity index (χ0v) is 8.94. The number of nitrogens with one attached hydrogen (secondary N) is 1. The maximum absolute atomic E-state index is 7.84. The molecule has 3 N–H and O–H groups in total. The van der Waals surface area contributed by atoms with Gasteiger partial charge in [0.2, 0.25) is 0 Å². The predicted molar refractivity (Wildman–Crippen MR) is 62.0 cm³/mol. The van der Waals surface area contributed by atoms with Crippen LogP contribution >= 0.6 is 0 Å². The Bertz CT molecular complexity index is 403. The Balaban J connectivity index is 3.34. The molecule has 1 rings (SSSR count). The van der Waals surface area contributed by atoms with Gasteiger partial charge in [0.1, 0.15) is 0 Å². The highest BCUT2D eigenvalue weighted by molar-refractivity contribution is 6.13. The van der Waals surface area contributed by atoms with Gasteiger partial charge < -0.3 is 5.73 Å². The number of benzene rings is 1. The van der Waals surface area contributed by atoms with Crippen LogP contribution in [0.5, 0.6) is 0 Å². The number of aryl methyl sites for hydroxylation is 2. The van der Waals surface area contributed by atoms with E-state index in [1.165, 1.54) is 0 Å². The molecular formula is C12H16N2. The third-order valence-electron chi connectivity index (χ3n) is 2.23. The molecule has 0 aliphatic heterocycles. The van der Waals surface area contributed by atoms with Crippen LogP contribution in [0.25, 0.3) is 0 Å². The summed E-state index contributed by atoms with van der Waals surface area (Å²) < 4.78 is 0. The Kier molecular flexibility index (Phi) is 2.75. The molecule has 1 aromatic rings. The van der Waals surface area contributed by atoms with Crippen molar-refractivity contribution in [2.45, 2.75) is 20.8 Å². The van der Waals surface area contributed by atoms with Crippen LogP contribution in [0.4, 0.5) is 5.69 Å². The van der Waals surface area contributed by atoms with E-state index >= 15 is 0 Å². The molecule has 0 amide bonds. The predicted octanol–water partition coefficient (Wildman–Crippen LogP) is 2.83. The van der Waals surface area contributed by atoms with Crippen LogP contribution in [-0.4, -0.2) is 5.71 Å². The van der Waals surface area contributed by atoms with Gasteiger partial charge in [0.15, 0.2) is 0 Å². The van der Waals surface area contributed by atoms with E-state index in [1.54, 1.807) is 0 Å². The molecule has 0 saturated carbocycles. The average Bonchev–Trinajstić information content (AvgIpc) is 2.09. The first-order chi connectivity index (χ1) is 6.43. The first-order valence-electron chi connectivity index (χ1n) is 4.55. The summed E-state index contributed by atoms with van der Waals surface area (Å²) >= 11 is 0. The fourth-order valence-corrected chi connectivity index (χ4v) is 1.42. The molecule has 2 heteroatoms. The maximum atomic E-state index is 7.84. The number of nitrogen functional groups attached to an aromatic ring is 1. The summed E-state index contributed by atoms with van der Waals surface area (Å²) in [5, 5.41) is 7.84. The van der Waals surface area contributed by atoms with Crippen molar-refractivity contribution in [2.24, 2.45) is 0 Å². The average molecular weight is 188 g/mol. The largest absolute Gasteiger partial charge is 0.398 e. The van der Waals surface area contributed by atoms with Crippen molar-refractivity contribution in [3.63, 3.8) is 0 Å². The minimum Gasteiger partial charge on any atom is -0.398 e. The van der Waals surface area contributed by atoms with Crippen LogP contribution in [0.2, 0.25) is 0 Å². The SMILES string of the molecule is C=C(C)C(=N)c1cc(C)cc(C)c1N. The van der Waals surface area contributed by atoms with Crippen LogP contribution in [0, 0.1) is 19.3 Å². The van der Waals surface area contributed by atoms with Crippen LogP contribution < -0.4 is 5.73 Å². The molecule has 2 nitrogen and oxygen atoms in total. The number of anilines is 1. The fourth-order valence-electron chi connectivity index (χ4n) is 1.42. The first-order valence-corrected chi connectivity index (χ1v) is 4.55. The van der Waals surface area contributed by atoms with E-state index in [2.05, 4.69) is 6.58 Å². The first kappa shape index (κ1) is 10.5. The Morgan fingerprint density at radius 3 is 2.43 bits per heavy atom. The zero-order valence-electron chi connectivity index (χ0n) is 8.94. The van der Waals surface area contributed by atoms with Crippen LogP contribution in [0.1, 0.15) is 23.6 Å². The van der Waals surface area contributed by atoms with Crippen molar-refractivity contribution in [1.82, 2.24) is 0 Å². The molecular weight excluding hydrogens is 172 g/mol. The minimum absolute atomic E-state index is 0.425. The number of hydrogen-bond donors (Lipinski definition) is 2. The molecule has 74 valence electrons. The Labute approximate surface area is 85.0 Å². The van der Waals surface area contributed by atoms with Gasteiger partial charge in [-0.05, 0) is 38.0 Å². The van der Waals surface area contributed by atoms with E-state index in [4.69, 9.17) is 11.1 Å². The van der Waals surface area contributed by atoms with Gasteiger partial charge in [-0.1, -0.05) is 18.2 Å². The van der Waals surface area contributed by atoms with Gasteiger partial charge in [-0.2, -0.15) is 0 Å². The molecule has 0 spiro atoms. The van der Waals surface area contributed by atoms with E-state index in [0.29, 0.717) is 11.4 Å². The molecule has 0 aliphatic carbocycles. The lowest BCUT2D eigenvalue weighted by Gasteiger charge is -2.11. The van der Waals surface area contributed by atoms with E-state index in [9.17, 15) is 0 Å². The van der Waals surface area contributed by atoms with Crippen LogP contribution in [0.15, 0.2) is 24.3 Å². The van der Waals surface area contributed by atoms with Gasteiger partial charge >= 0.3 is 0 Å². The number of allylic oxidation sites excluding steroid dienone is 1. The van der Waals surface area contributed by atoms with Gasteiger partial charge in [-0.15, -0.1) is 0 Å². The van der Waals surface area contributed by atoms with Crippen molar-refractivity contribution in [3.05, 3.63) is 41.0 Å². The van der Waals surface area contributed by atoms with Crippen molar-refractivity contribution in [1.29, 1.82) is 5.41 Å². The highest BCUT2D eigenvalue weighted by Gasteiger charge is 2.08. The number of nitrogens with two attached hydrogens (primary N) is 1. The van der Waals surface area contributed by atoms with E-state index in [1.807, 2.05) is 32.9 Å². The number of rotatable bonds is 2. The zero-order chi connectivity index (χ0) is 10.9. The molecule has 0 saturated heterocycles. The topological polar surface area (TPSA) is 49.9 Å². The Morgan fingerprint density at radius 2 is 1.93 bits per heavy atom. The van der Waals surface area contributed by atoms with Crippen molar-refractivity contribution in [2.75, 3.05) is 5.73 Å². The van der Waals surface area contributed by atoms with Gasteiger partial charge in [0.25, 0.3) is 0 Å². The van der Waals surface area contributed by atoms with Gasteiger partial charge in [-0.3, -0.25) is 5.41 Å². The standard InChI is InChI=1S/C12H16N2/c1-7(2)11(13)10-6-8(3)5-9(4)12(10)14/h5-6,13H,1,14H2,2-4H3. The van der Waals surface area contributed by atoms with Crippen molar-refractivity contribution >= 4 is 11.4 Å². The second-order valence-corrected chi connectivity index (χ2v) is 3.70. The molecule has 0 heterocycles. The molecule has 0 unspecified atom stereocenters. The molecule has 0 aliphatic rings. The summed E-state index contributed by atoms with van der Waals surface area (Å²) in [6.45, 7) is 9.53. The van der Waals surface area contributed by atoms with Gasteiger partial charge in [-0.25, -0.2) is 0 Å². The summed E-state index contributed by atoms with van der Waals surface area (Å²) in [6, 6.07) is 3.95. The van der Waals surface area contributed by atoms with Gasteiger partial charge in [0.05, 0.1) is 5.71 Å². The third-order valence-corrected chi connectivity index (χ3v) is 2.23. The van der Waals surface area contributed by atoms with E-state index in [-0.39, 0.29) is 0 Å². The molecule has 0 bridgehead atoms. The highest BCUT2D eigenvalue weighted by atomic mass is 14.6.